The summed E-state index contributed by atoms with van der Waals surface area (Å²) in [4.78, 5) is 4.65. The summed E-state index contributed by atoms with van der Waals surface area (Å²) in [5.74, 6) is 1.70. The van der Waals surface area contributed by atoms with E-state index in [-0.39, 0.29) is 0 Å². The highest BCUT2D eigenvalue weighted by atomic mass is 14.7. The van der Waals surface area contributed by atoms with E-state index in [4.69, 9.17) is 0 Å². The second-order valence-electron chi connectivity index (χ2n) is 7.12. The van der Waals surface area contributed by atoms with E-state index >= 15 is 0 Å². The van der Waals surface area contributed by atoms with Crippen molar-refractivity contribution in [1.29, 1.82) is 0 Å². The third-order valence-corrected chi connectivity index (χ3v) is 5.34. The summed E-state index contributed by atoms with van der Waals surface area (Å²) in [6.07, 6.45) is 16.0. The number of hydrogen-bond acceptors (Lipinski definition) is 1. The van der Waals surface area contributed by atoms with E-state index in [1.165, 1.54) is 56.1 Å². The third-order valence-electron chi connectivity index (χ3n) is 5.34. The van der Waals surface area contributed by atoms with Crippen LogP contribution in [0.4, 0.5) is 0 Å². The zero-order valence-corrected chi connectivity index (χ0v) is 14.8. The first-order chi connectivity index (χ1) is 11.8. The predicted octanol–water partition coefficient (Wildman–Crippen LogP) is 6.72. The summed E-state index contributed by atoms with van der Waals surface area (Å²) in [7, 11) is 0. The van der Waals surface area contributed by atoms with Crippen LogP contribution < -0.4 is 0 Å². The van der Waals surface area contributed by atoms with E-state index in [9.17, 15) is 0 Å². The van der Waals surface area contributed by atoms with Crippen molar-refractivity contribution in [3.8, 4) is 0 Å². The maximum Gasteiger partial charge on any atom is 0.0630 e. The van der Waals surface area contributed by atoms with Crippen LogP contribution in [0, 0.1) is 5.92 Å². The second-order valence-corrected chi connectivity index (χ2v) is 7.12. The van der Waals surface area contributed by atoms with Crippen molar-refractivity contribution < 1.29 is 0 Å². The molecule has 0 atom stereocenters. The van der Waals surface area contributed by atoms with Crippen molar-refractivity contribution in [1.82, 2.24) is 4.98 Å². The SMILES string of the molecule is CCCCC1CCC(c2ccc(C=Cc3ccccc3)nc2)CC1. The number of pyridine rings is 1. The van der Waals surface area contributed by atoms with Gasteiger partial charge in [-0.15, -0.1) is 0 Å². The molecule has 1 heterocycles. The van der Waals surface area contributed by atoms with Gasteiger partial charge in [-0.3, -0.25) is 4.98 Å². The topological polar surface area (TPSA) is 12.9 Å². The van der Waals surface area contributed by atoms with Crippen LogP contribution in [0.3, 0.4) is 0 Å². The molecule has 1 aliphatic rings. The van der Waals surface area contributed by atoms with Crippen molar-refractivity contribution in [3.05, 3.63) is 65.5 Å². The quantitative estimate of drug-likeness (QED) is 0.576. The molecule has 2 aromatic rings. The van der Waals surface area contributed by atoms with Crippen molar-refractivity contribution in [3.63, 3.8) is 0 Å². The zero-order chi connectivity index (χ0) is 16.6. The number of hydrogen-bond donors (Lipinski definition) is 0. The minimum absolute atomic E-state index is 0.725. The van der Waals surface area contributed by atoms with Gasteiger partial charge in [0.05, 0.1) is 5.69 Å². The maximum atomic E-state index is 4.65. The molecule has 0 amide bonds. The lowest BCUT2D eigenvalue weighted by atomic mass is 9.77. The summed E-state index contributed by atoms with van der Waals surface area (Å²) in [5, 5.41) is 0. The molecule has 24 heavy (non-hydrogen) atoms. The molecule has 0 unspecified atom stereocenters. The van der Waals surface area contributed by atoms with Gasteiger partial charge >= 0.3 is 0 Å². The van der Waals surface area contributed by atoms with Crippen molar-refractivity contribution >= 4 is 12.2 Å². The van der Waals surface area contributed by atoms with Crippen LogP contribution in [0.2, 0.25) is 0 Å². The molecule has 3 rings (SSSR count). The van der Waals surface area contributed by atoms with Crippen molar-refractivity contribution in [2.45, 2.75) is 57.8 Å². The van der Waals surface area contributed by atoms with Crippen LogP contribution in [-0.4, -0.2) is 4.98 Å². The van der Waals surface area contributed by atoms with Gasteiger partial charge in [-0.25, -0.2) is 0 Å². The van der Waals surface area contributed by atoms with Crippen LogP contribution in [-0.2, 0) is 0 Å². The maximum absolute atomic E-state index is 4.65. The largest absolute Gasteiger partial charge is 0.257 e. The van der Waals surface area contributed by atoms with E-state index in [0.717, 1.165) is 17.5 Å². The Morgan fingerprint density at radius 3 is 2.42 bits per heavy atom. The molecule has 1 heteroatoms. The van der Waals surface area contributed by atoms with Crippen molar-refractivity contribution in [2.24, 2.45) is 5.92 Å². The lowest BCUT2D eigenvalue weighted by molar-refractivity contribution is 0.304. The second kappa shape index (κ2) is 8.82. The average Bonchev–Trinajstić information content (AvgIpc) is 2.66. The number of unbranched alkanes of at least 4 members (excludes halogenated alkanes) is 1. The smallest absolute Gasteiger partial charge is 0.0630 e. The Balaban J connectivity index is 1.54. The van der Waals surface area contributed by atoms with Crippen molar-refractivity contribution in [2.75, 3.05) is 0 Å². The summed E-state index contributed by atoms with van der Waals surface area (Å²) >= 11 is 0. The Hall–Kier alpha value is -1.89. The van der Waals surface area contributed by atoms with Gasteiger partial charge in [-0.1, -0.05) is 68.7 Å². The van der Waals surface area contributed by atoms with E-state index in [1.807, 2.05) is 6.07 Å². The highest BCUT2D eigenvalue weighted by Gasteiger charge is 2.22. The number of aromatic nitrogens is 1. The predicted molar refractivity (Wildman–Crippen MR) is 104 cm³/mol. The van der Waals surface area contributed by atoms with Gasteiger partial charge in [0.25, 0.3) is 0 Å². The Kier molecular flexibility index (Phi) is 6.23. The third kappa shape index (κ3) is 4.80. The normalized spacial score (nSPS) is 21.2. The van der Waals surface area contributed by atoms with Crippen LogP contribution in [0.15, 0.2) is 48.7 Å². The zero-order valence-electron chi connectivity index (χ0n) is 14.8. The molecule has 0 spiro atoms. The number of nitrogens with zero attached hydrogens (tertiary/aromatic N) is 1. The van der Waals surface area contributed by atoms with Gasteiger partial charge in [0.2, 0.25) is 0 Å². The van der Waals surface area contributed by atoms with E-state index in [0.29, 0.717) is 0 Å². The molecule has 1 fully saturated rings. The van der Waals surface area contributed by atoms with Gasteiger partial charge in [0.1, 0.15) is 0 Å². The average molecular weight is 319 g/mol. The molecular formula is C23H29N. The Labute approximate surface area is 146 Å². The van der Waals surface area contributed by atoms with Gasteiger partial charge < -0.3 is 0 Å². The molecule has 1 saturated carbocycles. The molecule has 0 radical (unpaired) electrons. The highest BCUT2D eigenvalue weighted by molar-refractivity contribution is 5.67. The number of benzene rings is 1. The molecule has 0 aliphatic heterocycles. The first kappa shape index (κ1) is 17.0. The molecule has 0 N–H and O–H groups in total. The summed E-state index contributed by atoms with van der Waals surface area (Å²) in [6.45, 7) is 2.30. The molecular weight excluding hydrogens is 290 g/mol. The van der Waals surface area contributed by atoms with Gasteiger partial charge in [-0.05, 0) is 60.8 Å². The van der Waals surface area contributed by atoms with Crippen LogP contribution in [0.1, 0.15) is 74.6 Å². The monoisotopic (exact) mass is 319 g/mol. The molecule has 1 aliphatic carbocycles. The molecule has 1 nitrogen and oxygen atoms in total. The fourth-order valence-corrected chi connectivity index (χ4v) is 3.78. The fraction of sp³-hybridized carbons (Fsp3) is 0.435. The van der Waals surface area contributed by atoms with E-state index < -0.39 is 0 Å². The lowest BCUT2D eigenvalue weighted by Gasteiger charge is -2.28. The lowest BCUT2D eigenvalue weighted by Crippen LogP contribution is -2.13. The minimum Gasteiger partial charge on any atom is -0.257 e. The molecule has 126 valence electrons. The molecule has 1 aromatic heterocycles. The summed E-state index contributed by atoms with van der Waals surface area (Å²) < 4.78 is 0. The van der Waals surface area contributed by atoms with Gasteiger partial charge in [0, 0.05) is 6.20 Å². The Morgan fingerprint density at radius 2 is 1.75 bits per heavy atom. The van der Waals surface area contributed by atoms with Crippen LogP contribution >= 0.6 is 0 Å². The Bertz CT molecular complexity index is 619. The first-order valence-electron chi connectivity index (χ1n) is 9.54. The molecule has 0 bridgehead atoms. The summed E-state index contributed by atoms with van der Waals surface area (Å²) in [6, 6.07) is 14.8. The van der Waals surface area contributed by atoms with Crippen LogP contribution in [0.5, 0.6) is 0 Å². The number of rotatable bonds is 6. The minimum atomic E-state index is 0.725. The van der Waals surface area contributed by atoms with Crippen LogP contribution in [0.25, 0.3) is 12.2 Å². The van der Waals surface area contributed by atoms with E-state index in [2.05, 4.69) is 66.7 Å². The van der Waals surface area contributed by atoms with Gasteiger partial charge in [0.15, 0.2) is 0 Å². The Morgan fingerprint density at radius 1 is 0.958 bits per heavy atom. The standard InChI is InChI=1S/C23H29N/c1-2-3-7-20-10-13-21(14-11-20)22-15-17-23(24-18-22)16-12-19-8-5-4-6-9-19/h4-6,8-9,12,15-18,20-21H,2-3,7,10-11,13-14H2,1H3. The van der Waals surface area contributed by atoms with Gasteiger partial charge in [-0.2, -0.15) is 0 Å². The summed E-state index contributed by atoms with van der Waals surface area (Å²) in [5.41, 5.74) is 3.69. The first-order valence-corrected chi connectivity index (χ1v) is 9.54. The van der Waals surface area contributed by atoms with E-state index in [1.54, 1.807) is 0 Å². The fourth-order valence-electron chi connectivity index (χ4n) is 3.78. The molecule has 1 aromatic carbocycles. The molecule has 0 saturated heterocycles. The highest BCUT2D eigenvalue weighted by Crippen LogP contribution is 2.37.